The van der Waals surface area contributed by atoms with Crippen LogP contribution in [0.5, 0.6) is 0 Å². The van der Waals surface area contributed by atoms with Crippen molar-refractivity contribution in [2.75, 3.05) is 6.61 Å². The Kier molecular flexibility index (Phi) is 3.33. The third kappa shape index (κ3) is 1.92. The molecule has 2 aliphatic rings. The third-order valence-electron chi connectivity index (χ3n) is 5.43. The summed E-state index contributed by atoms with van der Waals surface area (Å²) in [7, 11) is 0. The van der Waals surface area contributed by atoms with Crippen molar-refractivity contribution in [3.8, 4) is 0 Å². The molecular formula is C15H24N4O2. The summed E-state index contributed by atoms with van der Waals surface area (Å²) in [6.07, 6.45) is 5.52. The van der Waals surface area contributed by atoms with Gasteiger partial charge in [-0.2, -0.15) is 5.10 Å². The van der Waals surface area contributed by atoms with E-state index in [4.69, 9.17) is 10.5 Å². The summed E-state index contributed by atoms with van der Waals surface area (Å²) in [6.45, 7) is 6.77. The maximum Gasteiger partial charge on any atom is 0.241 e. The van der Waals surface area contributed by atoms with Crippen LogP contribution in [-0.4, -0.2) is 34.4 Å². The van der Waals surface area contributed by atoms with E-state index in [1.54, 1.807) is 12.4 Å². The molecule has 4 N–H and O–H groups in total. The first-order chi connectivity index (χ1) is 9.89. The molecule has 116 valence electrons. The quantitative estimate of drug-likeness (QED) is 0.778. The molecule has 6 nitrogen and oxygen atoms in total. The van der Waals surface area contributed by atoms with Crippen LogP contribution in [0.4, 0.5) is 0 Å². The molecule has 1 aliphatic carbocycles. The number of nitrogens with two attached hydrogens (primary N) is 1. The predicted molar refractivity (Wildman–Crippen MR) is 78.3 cm³/mol. The molecule has 6 heteroatoms. The Morgan fingerprint density at radius 3 is 3.05 bits per heavy atom. The summed E-state index contributed by atoms with van der Waals surface area (Å²) in [5.41, 5.74) is 6.30. The van der Waals surface area contributed by atoms with Crippen LogP contribution < -0.4 is 11.1 Å². The van der Waals surface area contributed by atoms with Crippen LogP contribution in [0.15, 0.2) is 12.4 Å². The lowest BCUT2D eigenvalue weighted by Crippen LogP contribution is -2.82. The van der Waals surface area contributed by atoms with Crippen LogP contribution >= 0.6 is 0 Å². The van der Waals surface area contributed by atoms with Crippen molar-refractivity contribution < 1.29 is 9.53 Å². The first-order valence-electron chi connectivity index (χ1n) is 7.59. The van der Waals surface area contributed by atoms with Gasteiger partial charge in [0.15, 0.2) is 0 Å². The molecular weight excluding hydrogens is 268 g/mol. The molecule has 1 aromatic heterocycles. The van der Waals surface area contributed by atoms with Gasteiger partial charge in [-0.05, 0) is 19.8 Å². The summed E-state index contributed by atoms with van der Waals surface area (Å²) in [4.78, 5) is 12.8. The lowest BCUT2D eigenvalue weighted by Gasteiger charge is -2.65. The number of nitrogens with zero attached hydrogens (tertiary/aromatic N) is 1. The highest BCUT2D eigenvalue weighted by atomic mass is 16.5. The molecule has 1 aliphatic heterocycles. The Bertz CT molecular complexity index is 528. The fourth-order valence-electron chi connectivity index (χ4n) is 3.93. The van der Waals surface area contributed by atoms with Gasteiger partial charge in [0.1, 0.15) is 5.54 Å². The number of rotatable bonds is 3. The number of H-pyrrole nitrogens is 1. The largest absolute Gasteiger partial charge is 0.377 e. The van der Waals surface area contributed by atoms with Crippen LogP contribution in [0.2, 0.25) is 0 Å². The van der Waals surface area contributed by atoms with Crippen LogP contribution in [0.1, 0.15) is 45.2 Å². The zero-order valence-corrected chi connectivity index (χ0v) is 12.8. The number of aromatic nitrogens is 2. The van der Waals surface area contributed by atoms with E-state index in [1.165, 1.54) is 0 Å². The average molecular weight is 292 g/mol. The monoisotopic (exact) mass is 292 g/mol. The second kappa shape index (κ2) is 4.81. The van der Waals surface area contributed by atoms with Crippen LogP contribution in [-0.2, 0) is 9.53 Å². The normalized spacial score (nSPS) is 35.4. The molecule has 1 saturated heterocycles. The molecule has 2 fully saturated rings. The molecule has 1 saturated carbocycles. The molecule has 0 spiro atoms. The van der Waals surface area contributed by atoms with E-state index < -0.39 is 5.54 Å². The molecule has 0 aromatic carbocycles. The van der Waals surface area contributed by atoms with Crippen LogP contribution in [0.3, 0.4) is 0 Å². The summed E-state index contributed by atoms with van der Waals surface area (Å²) >= 11 is 0. The zero-order valence-electron chi connectivity index (χ0n) is 12.8. The maximum atomic E-state index is 12.8. The van der Waals surface area contributed by atoms with Gasteiger partial charge in [-0.1, -0.05) is 13.8 Å². The van der Waals surface area contributed by atoms with E-state index in [9.17, 15) is 4.79 Å². The summed E-state index contributed by atoms with van der Waals surface area (Å²) < 4.78 is 5.84. The van der Waals surface area contributed by atoms with Crippen molar-refractivity contribution in [3.05, 3.63) is 18.0 Å². The Morgan fingerprint density at radius 2 is 2.38 bits per heavy atom. The fraction of sp³-hybridized carbons (Fsp3) is 0.733. The lowest BCUT2D eigenvalue weighted by atomic mass is 9.46. The van der Waals surface area contributed by atoms with E-state index in [0.29, 0.717) is 0 Å². The highest BCUT2D eigenvalue weighted by molar-refractivity contribution is 5.89. The smallest absolute Gasteiger partial charge is 0.241 e. The second-order valence-electron chi connectivity index (χ2n) is 6.86. The molecule has 4 atom stereocenters. The molecule has 1 amide bonds. The van der Waals surface area contributed by atoms with Crippen molar-refractivity contribution in [3.63, 3.8) is 0 Å². The minimum Gasteiger partial charge on any atom is -0.377 e. The second-order valence-corrected chi connectivity index (χ2v) is 6.86. The molecule has 0 radical (unpaired) electrons. The summed E-state index contributed by atoms with van der Waals surface area (Å²) in [5.74, 6) is 0.0192. The van der Waals surface area contributed by atoms with Crippen molar-refractivity contribution in [1.82, 2.24) is 15.5 Å². The van der Waals surface area contributed by atoms with E-state index in [2.05, 4.69) is 15.5 Å². The molecule has 21 heavy (non-hydrogen) atoms. The van der Waals surface area contributed by atoms with Gasteiger partial charge in [-0.25, -0.2) is 0 Å². The molecule has 0 bridgehead atoms. The Balaban J connectivity index is 1.77. The highest BCUT2D eigenvalue weighted by Gasteiger charge is 2.70. The van der Waals surface area contributed by atoms with E-state index >= 15 is 0 Å². The van der Waals surface area contributed by atoms with Gasteiger partial charge in [-0.15, -0.1) is 0 Å². The SMILES string of the molecule is CC(NC(=O)C1(N)C2CCCOC2C1(C)C)c1cn[nH]c1. The van der Waals surface area contributed by atoms with Crippen molar-refractivity contribution >= 4 is 5.91 Å². The summed E-state index contributed by atoms with van der Waals surface area (Å²) in [6, 6.07) is -0.115. The number of carbonyl (C=O) groups excluding carboxylic acids is 1. The minimum atomic E-state index is -0.865. The minimum absolute atomic E-state index is 0.0891. The Hall–Kier alpha value is -1.40. The van der Waals surface area contributed by atoms with Gasteiger partial charge in [0.25, 0.3) is 0 Å². The number of hydrogen-bond acceptors (Lipinski definition) is 4. The molecule has 1 aromatic rings. The van der Waals surface area contributed by atoms with Crippen LogP contribution in [0.25, 0.3) is 0 Å². The molecule has 2 heterocycles. The van der Waals surface area contributed by atoms with Crippen molar-refractivity contribution in [2.24, 2.45) is 17.1 Å². The van der Waals surface area contributed by atoms with Gasteiger partial charge >= 0.3 is 0 Å². The maximum absolute atomic E-state index is 12.8. The average Bonchev–Trinajstić information content (AvgIpc) is 3.00. The van der Waals surface area contributed by atoms with Gasteiger partial charge in [0.2, 0.25) is 5.91 Å². The predicted octanol–water partition coefficient (Wildman–Crippen LogP) is 1.12. The topological polar surface area (TPSA) is 93.0 Å². The number of aromatic amines is 1. The number of hydrogen-bond donors (Lipinski definition) is 3. The fourth-order valence-corrected chi connectivity index (χ4v) is 3.93. The zero-order chi connectivity index (χ0) is 15.3. The van der Waals surface area contributed by atoms with E-state index in [0.717, 1.165) is 25.0 Å². The lowest BCUT2D eigenvalue weighted by molar-refractivity contribution is -0.225. The first-order valence-corrected chi connectivity index (χ1v) is 7.59. The Morgan fingerprint density at radius 1 is 1.62 bits per heavy atom. The van der Waals surface area contributed by atoms with Gasteiger partial charge in [0, 0.05) is 29.7 Å². The van der Waals surface area contributed by atoms with Crippen molar-refractivity contribution in [2.45, 2.75) is 51.3 Å². The van der Waals surface area contributed by atoms with Crippen molar-refractivity contribution in [1.29, 1.82) is 0 Å². The number of nitrogens with one attached hydrogen (secondary N) is 2. The highest BCUT2D eigenvalue weighted by Crippen LogP contribution is 2.57. The van der Waals surface area contributed by atoms with Gasteiger partial charge in [-0.3, -0.25) is 9.89 Å². The van der Waals surface area contributed by atoms with Gasteiger partial charge in [0.05, 0.1) is 18.3 Å². The standard InChI is InChI=1S/C15H24N4O2/c1-9(10-7-17-18-8-10)19-13(20)15(16)11-5-4-6-21-12(11)14(15,2)3/h7-9,11-12H,4-6,16H2,1-3H3,(H,17,18)(H,19,20). The van der Waals surface area contributed by atoms with Crippen LogP contribution in [0, 0.1) is 11.3 Å². The van der Waals surface area contributed by atoms with E-state index in [1.807, 2.05) is 20.8 Å². The first kappa shape index (κ1) is 14.5. The number of ether oxygens (including phenoxy) is 1. The third-order valence-corrected chi connectivity index (χ3v) is 5.43. The van der Waals surface area contributed by atoms with Gasteiger partial charge < -0.3 is 15.8 Å². The molecule has 4 unspecified atom stereocenters. The molecule has 3 rings (SSSR count). The number of amides is 1. The Labute approximate surface area is 124 Å². The van der Waals surface area contributed by atoms with E-state index in [-0.39, 0.29) is 29.4 Å². The number of carbonyl (C=O) groups is 1. The number of fused-ring (bicyclic) bond motifs is 1. The summed E-state index contributed by atoms with van der Waals surface area (Å²) in [5, 5.41) is 9.71.